The van der Waals surface area contributed by atoms with Gasteiger partial charge in [-0.15, -0.1) is 0 Å². The molecule has 1 aromatic carbocycles. The molecule has 3 rings (SSSR count). The van der Waals surface area contributed by atoms with Crippen LogP contribution in [0.4, 0.5) is 0 Å². The summed E-state index contributed by atoms with van der Waals surface area (Å²) in [5, 5.41) is 13.3. The summed E-state index contributed by atoms with van der Waals surface area (Å²) >= 11 is 0. The third kappa shape index (κ3) is 2.70. The zero-order chi connectivity index (χ0) is 14.0. The molecule has 1 aliphatic heterocycles. The minimum absolute atomic E-state index is 0.385. The van der Waals surface area contributed by atoms with Crippen molar-refractivity contribution in [3.8, 4) is 5.75 Å². The van der Waals surface area contributed by atoms with Crippen LogP contribution in [-0.2, 0) is 6.42 Å². The van der Waals surface area contributed by atoms with Gasteiger partial charge in [0.15, 0.2) is 0 Å². The zero-order valence-corrected chi connectivity index (χ0v) is 12.3. The Hall–Kier alpha value is -1.06. The highest BCUT2D eigenvalue weighted by molar-refractivity contribution is 5.27. The second-order valence-electron chi connectivity index (χ2n) is 6.45. The fraction of sp³-hybridized carbons (Fsp3) is 0.647. The molecule has 1 aromatic rings. The fourth-order valence-corrected chi connectivity index (χ4v) is 4.14. The van der Waals surface area contributed by atoms with E-state index in [0.717, 1.165) is 31.6 Å². The number of aliphatic hydroxyl groups is 1. The molecule has 3 heteroatoms. The maximum atomic E-state index is 10.9. The van der Waals surface area contributed by atoms with E-state index in [-0.39, 0.29) is 5.60 Å². The van der Waals surface area contributed by atoms with E-state index >= 15 is 0 Å². The van der Waals surface area contributed by atoms with Crippen LogP contribution in [0.1, 0.15) is 37.7 Å². The minimum Gasteiger partial charge on any atom is -0.497 e. The van der Waals surface area contributed by atoms with Crippen LogP contribution >= 0.6 is 0 Å². The van der Waals surface area contributed by atoms with E-state index < -0.39 is 0 Å². The summed E-state index contributed by atoms with van der Waals surface area (Å²) in [7, 11) is 1.70. The Morgan fingerprint density at radius 2 is 2.05 bits per heavy atom. The van der Waals surface area contributed by atoms with Crippen molar-refractivity contribution in [3.05, 3.63) is 29.8 Å². The van der Waals surface area contributed by atoms with Crippen molar-refractivity contribution in [2.75, 3.05) is 13.7 Å². The lowest BCUT2D eigenvalue weighted by Crippen LogP contribution is -2.96. The standard InChI is InChI=1S/C17H25NO2/c1-20-14-7-5-13(6-8-14)12-16-15-4-2-3-9-17(15,19)10-11-18-16/h5-8,15-16,18-19H,2-4,9-12H2,1H3/p+1/t15-,16-,17+/m1/s1. The Morgan fingerprint density at radius 1 is 1.25 bits per heavy atom. The SMILES string of the molecule is COc1ccc(C[C@H]2[NH2+]CC[C@@]3(O)CCCC[C@H]23)cc1. The maximum absolute atomic E-state index is 10.9. The number of methoxy groups -OCH3 is 1. The van der Waals surface area contributed by atoms with Crippen molar-refractivity contribution in [1.29, 1.82) is 0 Å². The summed E-state index contributed by atoms with van der Waals surface area (Å²) in [6.07, 6.45) is 6.69. The number of nitrogens with two attached hydrogens (primary N) is 1. The van der Waals surface area contributed by atoms with E-state index in [9.17, 15) is 5.11 Å². The number of quaternary nitrogens is 1. The average molecular weight is 276 g/mol. The molecule has 3 nitrogen and oxygen atoms in total. The van der Waals surface area contributed by atoms with Crippen LogP contribution in [0, 0.1) is 5.92 Å². The van der Waals surface area contributed by atoms with Crippen LogP contribution in [-0.4, -0.2) is 30.4 Å². The quantitative estimate of drug-likeness (QED) is 0.879. The number of rotatable bonds is 3. The molecule has 0 aromatic heterocycles. The van der Waals surface area contributed by atoms with Gasteiger partial charge in [-0.1, -0.05) is 25.0 Å². The Labute approximate surface area is 121 Å². The van der Waals surface area contributed by atoms with Gasteiger partial charge in [0.25, 0.3) is 0 Å². The third-order valence-electron chi connectivity index (χ3n) is 5.26. The predicted molar refractivity (Wildman–Crippen MR) is 78.8 cm³/mol. The van der Waals surface area contributed by atoms with Crippen LogP contribution < -0.4 is 10.1 Å². The first kappa shape index (κ1) is 13.9. The number of piperidine rings is 1. The van der Waals surface area contributed by atoms with Gasteiger partial charge in [-0.3, -0.25) is 0 Å². The summed E-state index contributed by atoms with van der Waals surface area (Å²) in [6.45, 7) is 1.06. The Kier molecular flexibility index (Phi) is 3.99. The maximum Gasteiger partial charge on any atom is 0.118 e. The Balaban J connectivity index is 1.71. The molecule has 3 atom stereocenters. The molecule has 1 saturated heterocycles. The van der Waals surface area contributed by atoms with E-state index in [1.54, 1.807) is 7.11 Å². The number of benzene rings is 1. The molecule has 110 valence electrons. The molecule has 0 radical (unpaired) electrons. The van der Waals surface area contributed by atoms with Crippen molar-refractivity contribution in [3.63, 3.8) is 0 Å². The summed E-state index contributed by atoms with van der Waals surface area (Å²) in [5.41, 5.74) is 0.964. The minimum atomic E-state index is -0.385. The molecule has 0 bridgehead atoms. The van der Waals surface area contributed by atoms with Crippen LogP contribution in [0.5, 0.6) is 5.75 Å². The highest BCUT2D eigenvalue weighted by Gasteiger charge is 2.47. The lowest BCUT2D eigenvalue weighted by atomic mass is 9.67. The van der Waals surface area contributed by atoms with E-state index in [0.29, 0.717) is 12.0 Å². The molecule has 3 N–H and O–H groups in total. The molecule has 20 heavy (non-hydrogen) atoms. The van der Waals surface area contributed by atoms with Gasteiger partial charge in [0.2, 0.25) is 0 Å². The van der Waals surface area contributed by atoms with Crippen molar-refractivity contribution in [2.24, 2.45) is 5.92 Å². The topological polar surface area (TPSA) is 46.1 Å². The van der Waals surface area contributed by atoms with Crippen molar-refractivity contribution in [2.45, 2.75) is 50.2 Å². The zero-order valence-electron chi connectivity index (χ0n) is 12.3. The Morgan fingerprint density at radius 3 is 2.80 bits per heavy atom. The van der Waals surface area contributed by atoms with Gasteiger partial charge >= 0.3 is 0 Å². The summed E-state index contributed by atoms with van der Waals surface area (Å²) in [4.78, 5) is 0. The second-order valence-corrected chi connectivity index (χ2v) is 6.45. The first-order valence-electron chi connectivity index (χ1n) is 7.90. The van der Waals surface area contributed by atoms with E-state index in [2.05, 4.69) is 17.4 Å². The smallest absolute Gasteiger partial charge is 0.118 e. The molecular weight excluding hydrogens is 250 g/mol. The molecule has 1 aliphatic carbocycles. The van der Waals surface area contributed by atoms with Crippen LogP contribution in [0.25, 0.3) is 0 Å². The average Bonchev–Trinajstić information content (AvgIpc) is 2.48. The van der Waals surface area contributed by atoms with Crippen molar-refractivity contribution >= 4 is 0 Å². The molecule has 0 amide bonds. The molecule has 2 aliphatic rings. The van der Waals surface area contributed by atoms with Crippen LogP contribution in [0.15, 0.2) is 24.3 Å². The Bertz CT molecular complexity index is 441. The fourth-order valence-electron chi connectivity index (χ4n) is 4.14. The molecule has 1 saturated carbocycles. The normalized spacial score (nSPS) is 33.5. The number of fused-ring (bicyclic) bond motifs is 1. The summed E-state index contributed by atoms with van der Waals surface area (Å²) in [6, 6.07) is 8.91. The molecular formula is C17H26NO2+. The second kappa shape index (κ2) is 5.74. The summed E-state index contributed by atoms with van der Waals surface area (Å²) in [5.74, 6) is 1.38. The predicted octanol–water partition coefficient (Wildman–Crippen LogP) is 1.49. The molecule has 2 fully saturated rings. The van der Waals surface area contributed by atoms with Crippen molar-refractivity contribution < 1.29 is 15.2 Å². The number of ether oxygens (including phenoxy) is 1. The largest absolute Gasteiger partial charge is 0.497 e. The van der Waals surface area contributed by atoms with E-state index in [4.69, 9.17) is 4.74 Å². The molecule has 1 heterocycles. The van der Waals surface area contributed by atoms with E-state index in [1.807, 2.05) is 12.1 Å². The third-order valence-corrected chi connectivity index (χ3v) is 5.26. The summed E-state index contributed by atoms with van der Waals surface area (Å²) < 4.78 is 5.21. The first-order valence-corrected chi connectivity index (χ1v) is 7.90. The van der Waals surface area contributed by atoms with Crippen LogP contribution in [0.3, 0.4) is 0 Å². The number of hydrogen-bond donors (Lipinski definition) is 2. The van der Waals surface area contributed by atoms with Crippen molar-refractivity contribution in [1.82, 2.24) is 0 Å². The molecule has 0 unspecified atom stereocenters. The highest BCUT2D eigenvalue weighted by Crippen LogP contribution is 2.39. The monoisotopic (exact) mass is 276 g/mol. The van der Waals surface area contributed by atoms with Gasteiger partial charge < -0.3 is 15.2 Å². The number of hydrogen-bond acceptors (Lipinski definition) is 2. The van der Waals surface area contributed by atoms with Gasteiger partial charge in [-0.05, 0) is 30.5 Å². The van der Waals surface area contributed by atoms with Gasteiger partial charge in [0.05, 0.1) is 25.3 Å². The lowest BCUT2D eigenvalue weighted by Gasteiger charge is -2.46. The first-order chi connectivity index (χ1) is 9.71. The molecule has 0 spiro atoms. The van der Waals surface area contributed by atoms with Crippen LogP contribution in [0.2, 0.25) is 0 Å². The van der Waals surface area contributed by atoms with Gasteiger partial charge in [0.1, 0.15) is 5.75 Å². The van der Waals surface area contributed by atoms with Gasteiger partial charge in [-0.2, -0.15) is 0 Å². The van der Waals surface area contributed by atoms with Gasteiger partial charge in [-0.25, -0.2) is 0 Å². The van der Waals surface area contributed by atoms with E-state index in [1.165, 1.54) is 24.8 Å². The highest BCUT2D eigenvalue weighted by atomic mass is 16.5. The lowest BCUT2D eigenvalue weighted by molar-refractivity contribution is -0.712. The van der Waals surface area contributed by atoms with Gasteiger partial charge in [0, 0.05) is 18.8 Å².